The molecular formula is C16H15N7O2. The zero-order valence-corrected chi connectivity index (χ0v) is 13.1. The second-order valence-corrected chi connectivity index (χ2v) is 5.88. The third-order valence-corrected chi connectivity index (χ3v) is 4.11. The van der Waals surface area contributed by atoms with Crippen LogP contribution in [-0.2, 0) is 4.79 Å². The largest absolute Gasteiger partial charge is 0.424 e. The van der Waals surface area contributed by atoms with E-state index in [-0.39, 0.29) is 29.4 Å². The molecule has 0 bridgehead atoms. The number of rotatable bonds is 4. The lowest BCUT2D eigenvalue weighted by molar-refractivity contribution is -0.124. The first kappa shape index (κ1) is 15.1. The van der Waals surface area contributed by atoms with Gasteiger partial charge in [0.25, 0.3) is 6.01 Å². The highest BCUT2D eigenvalue weighted by Gasteiger charge is 2.28. The Balaban J connectivity index is 1.71. The smallest absolute Gasteiger partial charge is 0.292 e. The van der Waals surface area contributed by atoms with Crippen LogP contribution in [0.15, 0.2) is 28.9 Å². The van der Waals surface area contributed by atoms with Crippen LogP contribution in [0.4, 0.5) is 17.7 Å². The number of nitrogen functional groups attached to an aromatic ring is 2. The van der Waals surface area contributed by atoms with Crippen molar-refractivity contribution < 1.29 is 9.21 Å². The minimum absolute atomic E-state index is 0.00571. The summed E-state index contributed by atoms with van der Waals surface area (Å²) in [6, 6.07) is 5.18. The molecule has 1 aliphatic rings. The summed E-state index contributed by atoms with van der Waals surface area (Å²) < 4.78 is 5.24. The number of benzene rings is 1. The van der Waals surface area contributed by atoms with Crippen LogP contribution in [0.1, 0.15) is 24.0 Å². The van der Waals surface area contributed by atoms with Crippen molar-refractivity contribution >= 4 is 40.2 Å². The minimum Gasteiger partial charge on any atom is -0.424 e. The normalized spacial score (nSPS) is 14.5. The summed E-state index contributed by atoms with van der Waals surface area (Å²) in [6.45, 7) is 0. The number of nitrogens with two attached hydrogens (primary N) is 2. The van der Waals surface area contributed by atoms with Crippen molar-refractivity contribution in [3.05, 3.63) is 35.7 Å². The van der Waals surface area contributed by atoms with Gasteiger partial charge in [0.05, 0.1) is 11.3 Å². The highest BCUT2D eigenvalue weighted by molar-refractivity contribution is 6.17. The Morgan fingerprint density at radius 1 is 1.28 bits per heavy atom. The summed E-state index contributed by atoms with van der Waals surface area (Å²) in [4.78, 5) is 23.4. The Kier molecular flexibility index (Phi) is 3.34. The number of oxazole rings is 1. The van der Waals surface area contributed by atoms with Gasteiger partial charge in [-0.25, -0.2) is 9.97 Å². The van der Waals surface area contributed by atoms with E-state index in [0.29, 0.717) is 40.9 Å². The number of ketones is 1. The van der Waals surface area contributed by atoms with Crippen LogP contribution in [0.5, 0.6) is 0 Å². The number of anilines is 3. The highest BCUT2D eigenvalue weighted by atomic mass is 16.4. The fourth-order valence-electron chi connectivity index (χ4n) is 2.79. The van der Waals surface area contributed by atoms with Gasteiger partial charge in [-0.1, -0.05) is 0 Å². The average molecular weight is 337 g/mol. The molecule has 25 heavy (non-hydrogen) atoms. The third kappa shape index (κ3) is 2.65. The Hall–Kier alpha value is -3.49. The van der Waals surface area contributed by atoms with Gasteiger partial charge in [-0.2, -0.15) is 4.98 Å². The van der Waals surface area contributed by atoms with Gasteiger partial charge in [0.2, 0.25) is 0 Å². The van der Waals surface area contributed by atoms with E-state index in [1.54, 1.807) is 18.2 Å². The number of aromatic nitrogens is 3. The van der Waals surface area contributed by atoms with Gasteiger partial charge in [0, 0.05) is 24.4 Å². The van der Waals surface area contributed by atoms with E-state index in [1.165, 1.54) is 6.33 Å². The number of nitrogens with zero attached hydrogens (tertiary/aromatic N) is 3. The molecule has 0 radical (unpaired) electrons. The van der Waals surface area contributed by atoms with Crippen LogP contribution in [-0.4, -0.2) is 32.5 Å². The van der Waals surface area contributed by atoms with Gasteiger partial charge in [0.1, 0.15) is 29.3 Å². The third-order valence-electron chi connectivity index (χ3n) is 4.11. The SMILES string of the molecule is N=C(c1ccc2oc(N)nc2c1)c1c(N)ncnc1NC1CC(=O)C1. The summed E-state index contributed by atoms with van der Waals surface area (Å²) in [5.41, 5.74) is 13.7. The van der Waals surface area contributed by atoms with E-state index in [0.717, 1.165) is 0 Å². The van der Waals surface area contributed by atoms with Crippen LogP contribution in [0, 0.1) is 5.41 Å². The molecule has 0 atom stereocenters. The molecule has 9 nitrogen and oxygen atoms in total. The van der Waals surface area contributed by atoms with Gasteiger partial charge < -0.3 is 21.2 Å². The van der Waals surface area contributed by atoms with E-state index < -0.39 is 0 Å². The lowest BCUT2D eigenvalue weighted by Crippen LogP contribution is -2.36. The maximum atomic E-state index is 11.2. The summed E-state index contributed by atoms with van der Waals surface area (Å²) >= 11 is 0. The molecule has 2 heterocycles. The van der Waals surface area contributed by atoms with Crippen molar-refractivity contribution in [2.24, 2.45) is 0 Å². The van der Waals surface area contributed by atoms with E-state index in [1.807, 2.05) is 0 Å². The first-order valence-electron chi connectivity index (χ1n) is 7.65. The molecule has 1 saturated carbocycles. The number of hydrogen-bond acceptors (Lipinski definition) is 9. The first-order valence-corrected chi connectivity index (χ1v) is 7.65. The minimum atomic E-state index is 0.00571. The van der Waals surface area contributed by atoms with Gasteiger partial charge >= 0.3 is 0 Å². The van der Waals surface area contributed by atoms with Crippen LogP contribution >= 0.6 is 0 Å². The topological polar surface area (TPSA) is 157 Å². The predicted octanol–water partition coefficient (Wildman–Crippen LogP) is 1.34. The molecular weight excluding hydrogens is 322 g/mol. The van der Waals surface area contributed by atoms with Gasteiger partial charge in [-0.3, -0.25) is 10.2 Å². The molecule has 3 aromatic rings. The molecule has 0 aliphatic heterocycles. The quantitative estimate of drug-likeness (QED) is 0.519. The summed E-state index contributed by atoms with van der Waals surface area (Å²) in [7, 11) is 0. The van der Waals surface area contributed by atoms with Crippen molar-refractivity contribution in [1.29, 1.82) is 5.41 Å². The van der Waals surface area contributed by atoms with E-state index in [4.69, 9.17) is 21.3 Å². The van der Waals surface area contributed by atoms with Crippen molar-refractivity contribution in [1.82, 2.24) is 15.0 Å². The van der Waals surface area contributed by atoms with Crippen molar-refractivity contribution in [2.75, 3.05) is 16.8 Å². The van der Waals surface area contributed by atoms with Gasteiger partial charge in [-0.05, 0) is 18.2 Å². The van der Waals surface area contributed by atoms with Crippen LogP contribution in [0.3, 0.4) is 0 Å². The Morgan fingerprint density at radius 3 is 2.84 bits per heavy atom. The number of Topliss-reactive ketones (excluding diaryl/α,β-unsaturated/α-hetero) is 1. The molecule has 0 saturated heterocycles. The standard InChI is InChI=1S/C16H15N7O2/c17-13(7-1-2-11-10(3-7)23-16(19)25-11)12-14(18)20-6-21-15(12)22-8-4-9(24)5-8/h1-3,6,8,17H,4-5H2,(H2,19,23)(H3,18,20,21,22). The molecule has 4 rings (SSSR count). The fraction of sp³-hybridized carbons (Fsp3) is 0.188. The Morgan fingerprint density at radius 2 is 2.08 bits per heavy atom. The molecule has 0 spiro atoms. The lowest BCUT2D eigenvalue weighted by Gasteiger charge is -2.26. The maximum absolute atomic E-state index is 11.2. The van der Waals surface area contributed by atoms with Crippen molar-refractivity contribution in [3.8, 4) is 0 Å². The highest BCUT2D eigenvalue weighted by Crippen LogP contribution is 2.27. The number of carbonyl (C=O) groups is 1. The Bertz CT molecular complexity index is 1000. The number of hydrogen-bond donors (Lipinski definition) is 4. The predicted molar refractivity (Wildman–Crippen MR) is 92.4 cm³/mol. The van der Waals surface area contributed by atoms with Gasteiger partial charge in [-0.15, -0.1) is 0 Å². The molecule has 0 unspecified atom stereocenters. The average Bonchev–Trinajstić information content (AvgIpc) is 2.92. The summed E-state index contributed by atoms with van der Waals surface area (Å²) in [5.74, 6) is 0.827. The van der Waals surface area contributed by atoms with Crippen molar-refractivity contribution in [3.63, 3.8) is 0 Å². The number of carbonyl (C=O) groups excluding carboxylic acids is 1. The fourth-order valence-corrected chi connectivity index (χ4v) is 2.79. The molecule has 0 amide bonds. The number of nitrogens with one attached hydrogen (secondary N) is 2. The Labute approximate surface area is 142 Å². The molecule has 9 heteroatoms. The second kappa shape index (κ2) is 5.55. The first-order chi connectivity index (χ1) is 12.0. The molecule has 2 aromatic heterocycles. The molecule has 1 fully saturated rings. The zero-order chi connectivity index (χ0) is 17.6. The zero-order valence-electron chi connectivity index (χ0n) is 13.1. The van der Waals surface area contributed by atoms with Crippen molar-refractivity contribution in [2.45, 2.75) is 18.9 Å². The van der Waals surface area contributed by atoms with Gasteiger partial charge in [0.15, 0.2) is 5.58 Å². The molecule has 6 N–H and O–H groups in total. The monoisotopic (exact) mass is 337 g/mol. The van der Waals surface area contributed by atoms with Crippen LogP contribution < -0.4 is 16.8 Å². The van der Waals surface area contributed by atoms with E-state index in [9.17, 15) is 4.79 Å². The molecule has 126 valence electrons. The van der Waals surface area contributed by atoms with Crippen LogP contribution in [0.2, 0.25) is 0 Å². The summed E-state index contributed by atoms with van der Waals surface area (Å²) in [5, 5.41) is 11.7. The molecule has 1 aliphatic carbocycles. The van der Waals surface area contributed by atoms with E-state index >= 15 is 0 Å². The molecule has 1 aromatic carbocycles. The van der Waals surface area contributed by atoms with E-state index in [2.05, 4.69) is 20.3 Å². The lowest BCUT2D eigenvalue weighted by atomic mass is 9.91. The van der Waals surface area contributed by atoms with Crippen LogP contribution in [0.25, 0.3) is 11.1 Å². The second-order valence-electron chi connectivity index (χ2n) is 5.88. The number of fused-ring (bicyclic) bond motifs is 1. The maximum Gasteiger partial charge on any atom is 0.292 e. The summed E-state index contributed by atoms with van der Waals surface area (Å²) in [6.07, 6.45) is 2.22.